The number of benzene rings is 2. The fourth-order valence-corrected chi connectivity index (χ4v) is 3.61. The predicted octanol–water partition coefficient (Wildman–Crippen LogP) is 7.06. The summed E-state index contributed by atoms with van der Waals surface area (Å²) in [5.41, 5.74) is 3.26. The minimum absolute atomic E-state index is 0.192. The maximum atomic E-state index is 14.2. The number of halogens is 2. The summed E-state index contributed by atoms with van der Waals surface area (Å²) in [4.78, 5) is 7.52. The van der Waals surface area contributed by atoms with Gasteiger partial charge in [-0.15, -0.1) is 0 Å². The van der Waals surface area contributed by atoms with Crippen molar-refractivity contribution in [3.05, 3.63) is 71.4 Å². The molecule has 30 heavy (non-hydrogen) atoms. The number of aromatic nitrogens is 3. The van der Waals surface area contributed by atoms with E-state index in [1.54, 1.807) is 18.3 Å². The highest BCUT2D eigenvalue weighted by molar-refractivity contribution is 6.33. The van der Waals surface area contributed by atoms with E-state index in [0.29, 0.717) is 33.8 Å². The summed E-state index contributed by atoms with van der Waals surface area (Å²) in [6.07, 6.45) is 1.77. The fraction of sp³-hybridized carbons (Fsp3) is 0.130. The molecule has 0 fully saturated rings. The van der Waals surface area contributed by atoms with Crippen LogP contribution in [-0.2, 0) is 0 Å². The smallest absolute Gasteiger partial charge is 0.257 e. The van der Waals surface area contributed by atoms with Gasteiger partial charge in [0, 0.05) is 28.6 Å². The summed E-state index contributed by atoms with van der Waals surface area (Å²) in [5, 5.41) is 5.26. The zero-order valence-electron chi connectivity index (χ0n) is 16.2. The van der Waals surface area contributed by atoms with E-state index < -0.39 is 0 Å². The standard InChI is InChI=1S/C23H17ClFN3O2/c1-12(2)22-27-23(30-28-22)13-6-7-19-14(8-13)10-20(29-19)15-9-18(26-11-15)21-16(24)4-3-5-17(21)25/h3-12,26H,1-2H3. The SMILES string of the molecule is CC(C)c1noc(-c2ccc3oc(-c4c[nH]c(-c5c(F)cccc5Cl)c4)cc3c2)n1. The van der Waals surface area contributed by atoms with E-state index in [9.17, 15) is 4.39 Å². The number of furan rings is 1. The maximum Gasteiger partial charge on any atom is 0.257 e. The van der Waals surface area contributed by atoms with Crippen LogP contribution in [0, 0.1) is 5.82 Å². The van der Waals surface area contributed by atoms with Crippen molar-refractivity contribution in [1.29, 1.82) is 0 Å². The molecule has 0 atom stereocenters. The monoisotopic (exact) mass is 421 g/mol. The van der Waals surface area contributed by atoms with Gasteiger partial charge in [-0.3, -0.25) is 0 Å². The van der Waals surface area contributed by atoms with Gasteiger partial charge < -0.3 is 13.9 Å². The van der Waals surface area contributed by atoms with E-state index in [4.69, 9.17) is 20.5 Å². The summed E-state index contributed by atoms with van der Waals surface area (Å²) in [6, 6.07) is 14.1. The molecule has 0 amide bonds. The van der Waals surface area contributed by atoms with Crippen LogP contribution in [-0.4, -0.2) is 15.1 Å². The molecule has 7 heteroatoms. The second-order valence-corrected chi connectivity index (χ2v) is 7.78. The third-order valence-corrected chi connectivity index (χ3v) is 5.24. The molecule has 0 aliphatic heterocycles. The molecule has 5 rings (SSSR count). The van der Waals surface area contributed by atoms with Crippen LogP contribution in [0.25, 0.3) is 45.0 Å². The highest BCUT2D eigenvalue weighted by Crippen LogP contribution is 2.35. The molecule has 1 N–H and O–H groups in total. The quantitative estimate of drug-likeness (QED) is 0.337. The second-order valence-electron chi connectivity index (χ2n) is 7.37. The van der Waals surface area contributed by atoms with Gasteiger partial charge in [0.05, 0.1) is 16.3 Å². The number of nitrogens with one attached hydrogen (secondary N) is 1. The zero-order valence-corrected chi connectivity index (χ0v) is 17.0. The molecule has 2 aromatic carbocycles. The Kier molecular flexibility index (Phi) is 4.44. The Morgan fingerprint density at radius 3 is 2.70 bits per heavy atom. The molecular weight excluding hydrogens is 405 g/mol. The van der Waals surface area contributed by atoms with Gasteiger partial charge >= 0.3 is 0 Å². The van der Waals surface area contributed by atoms with Gasteiger partial charge in [0.15, 0.2) is 5.82 Å². The molecule has 0 aliphatic carbocycles. The van der Waals surface area contributed by atoms with E-state index in [1.807, 2.05) is 44.2 Å². The molecule has 0 bridgehead atoms. The topological polar surface area (TPSA) is 67.8 Å². The van der Waals surface area contributed by atoms with Gasteiger partial charge in [0.25, 0.3) is 5.89 Å². The molecule has 0 saturated heterocycles. The van der Waals surface area contributed by atoms with Crippen LogP contribution in [0.1, 0.15) is 25.6 Å². The van der Waals surface area contributed by atoms with Gasteiger partial charge in [-0.05, 0) is 42.5 Å². The van der Waals surface area contributed by atoms with Crippen LogP contribution in [0.5, 0.6) is 0 Å². The van der Waals surface area contributed by atoms with E-state index in [0.717, 1.165) is 22.1 Å². The van der Waals surface area contributed by atoms with Gasteiger partial charge in [-0.1, -0.05) is 36.7 Å². The summed E-state index contributed by atoms with van der Waals surface area (Å²) in [5.74, 6) is 1.61. The van der Waals surface area contributed by atoms with Crippen molar-refractivity contribution in [2.75, 3.05) is 0 Å². The number of H-pyrrole nitrogens is 1. The first kappa shape index (κ1) is 18.6. The van der Waals surface area contributed by atoms with E-state index in [-0.39, 0.29) is 11.7 Å². The first-order valence-corrected chi connectivity index (χ1v) is 9.88. The minimum atomic E-state index is -0.384. The molecule has 5 nitrogen and oxygen atoms in total. The Balaban J connectivity index is 1.51. The lowest BCUT2D eigenvalue weighted by molar-refractivity contribution is 0.419. The first-order valence-electron chi connectivity index (χ1n) is 9.50. The molecule has 3 heterocycles. The maximum absolute atomic E-state index is 14.2. The highest BCUT2D eigenvalue weighted by Gasteiger charge is 2.16. The molecule has 0 spiro atoms. The average molecular weight is 422 g/mol. The third-order valence-electron chi connectivity index (χ3n) is 4.92. The lowest BCUT2D eigenvalue weighted by Crippen LogP contribution is -1.89. The van der Waals surface area contributed by atoms with Crippen molar-refractivity contribution < 1.29 is 13.3 Å². The number of fused-ring (bicyclic) bond motifs is 1. The van der Waals surface area contributed by atoms with Crippen LogP contribution in [0.3, 0.4) is 0 Å². The average Bonchev–Trinajstić information content (AvgIpc) is 3.46. The number of nitrogens with zero attached hydrogens (tertiary/aromatic N) is 2. The molecular formula is C23H17ClFN3O2. The van der Waals surface area contributed by atoms with Crippen LogP contribution < -0.4 is 0 Å². The fourth-order valence-electron chi connectivity index (χ4n) is 3.34. The Morgan fingerprint density at radius 2 is 1.93 bits per heavy atom. The third kappa shape index (κ3) is 3.19. The minimum Gasteiger partial charge on any atom is -0.456 e. The Bertz CT molecular complexity index is 1350. The number of hydrogen-bond donors (Lipinski definition) is 1. The molecule has 150 valence electrons. The summed E-state index contributed by atoms with van der Waals surface area (Å²) in [7, 11) is 0. The van der Waals surface area contributed by atoms with Gasteiger partial charge in [0.1, 0.15) is 17.2 Å². The molecule has 0 radical (unpaired) electrons. The highest BCUT2D eigenvalue weighted by atomic mass is 35.5. The largest absolute Gasteiger partial charge is 0.456 e. The Morgan fingerprint density at radius 1 is 1.07 bits per heavy atom. The summed E-state index contributed by atoms with van der Waals surface area (Å²) < 4.78 is 25.6. The second kappa shape index (κ2) is 7.15. The lowest BCUT2D eigenvalue weighted by atomic mass is 10.1. The summed E-state index contributed by atoms with van der Waals surface area (Å²) >= 11 is 6.18. The molecule has 5 aromatic rings. The number of hydrogen-bond acceptors (Lipinski definition) is 4. The normalized spacial score (nSPS) is 11.6. The van der Waals surface area contributed by atoms with Crippen molar-refractivity contribution in [3.8, 4) is 34.0 Å². The molecule has 0 saturated carbocycles. The van der Waals surface area contributed by atoms with E-state index in [2.05, 4.69) is 15.1 Å². The van der Waals surface area contributed by atoms with Crippen molar-refractivity contribution in [2.45, 2.75) is 19.8 Å². The van der Waals surface area contributed by atoms with Crippen LogP contribution in [0.4, 0.5) is 4.39 Å². The zero-order chi connectivity index (χ0) is 20.8. The number of aromatic amines is 1. The molecule has 3 aromatic heterocycles. The van der Waals surface area contributed by atoms with Gasteiger partial charge in [0.2, 0.25) is 0 Å². The molecule has 0 unspecified atom stereocenters. The van der Waals surface area contributed by atoms with Crippen molar-refractivity contribution in [3.63, 3.8) is 0 Å². The predicted molar refractivity (Wildman–Crippen MR) is 114 cm³/mol. The Hall–Kier alpha value is -3.38. The lowest BCUT2D eigenvalue weighted by Gasteiger charge is -2.02. The first-order chi connectivity index (χ1) is 14.5. The van der Waals surface area contributed by atoms with Crippen LogP contribution >= 0.6 is 11.6 Å². The van der Waals surface area contributed by atoms with Crippen molar-refractivity contribution in [1.82, 2.24) is 15.1 Å². The van der Waals surface area contributed by atoms with Crippen LogP contribution in [0.2, 0.25) is 5.02 Å². The van der Waals surface area contributed by atoms with Crippen LogP contribution in [0.15, 0.2) is 63.7 Å². The van der Waals surface area contributed by atoms with Crippen molar-refractivity contribution in [2.24, 2.45) is 0 Å². The van der Waals surface area contributed by atoms with E-state index in [1.165, 1.54) is 6.07 Å². The molecule has 0 aliphatic rings. The van der Waals surface area contributed by atoms with E-state index >= 15 is 0 Å². The number of rotatable bonds is 4. The van der Waals surface area contributed by atoms with Gasteiger partial charge in [-0.25, -0.2) is 4.39 Å². The van der Waals surface area contributed by atoms with Gasteiger partial charge in [-0.2, -0.15) is 4.98 Å². The Labute approximate surface area is 176 Å². The summed E-state index contributed by atoms with van der Waals surface area (Å²) in [6.45, 7) is 4.03. The van der Waals surface area contributed by atoms with Crippen molar-refractivity contribution >= 4 is 22.6 Å².